The number of halogens is 1. The second kappa shape index (κ2) is 7.01. The van der Waals surface area contributed by atoms with Crippen molar-refractivity contribution in [3.8, 4) is 0 Å². The van der Waals surface area contributed by atoms with Crippen molar-refractivity contribution in [3.63, 3.8) is 0 Å². The number of hydrogen-bond acceptors (Lipinski definition) is 3. The molecule has 1 saturated heterocycles. The summed E-state index contributed by atoms with van der Waals surface area (Å²) in [5.74, 6) is 2.73. The van der Waals surface area contributed by atoms with Crippen LogP contribution < -0.4 is 5.32 Å². The van der Waals surface area contributed by atoms with Crippen molar-refractivity contribution >= 4 is 23.4 Å². The maximum absolute atomic E-state index is 13.0. The molecule has 5 aliphatic rings. The van der Waals surface area contributed by atoms with Crippen molar-refractivity contribution in [2.24, 2.45) is 23.7 Å². The van der Waals surface area contributed by atoms with Gasteiger partial charge in [-0.15, -0.1) is 0 Å². The lowest BCUT2D eigenvalue weighted by Gasteiger charge is -2.57. The van der Waals surface area contributed by atoms with Gasteiger partial charge >= 0.3 is 0 Å². The number of rotatable bonds is 3. The predicted molar refractivity (Wildman–Crippen MR) is 107 cm³/mol. The van der Waals surface area contributed by atoms with Crippen LogP contribution in [0.15, 0.2) is 18.3 Å². The first kappa shape index (κ1) is 18.4. The van der Waals surface area contributed by atoms with Crippen LogP contribution in [0.4, 0.5) is 0 Å². The first-order valence-corrected chi connectivity index (χ1v) is 11.1. The number of hydrogen-bond donors (Lipinski definition) is 1. The van der Waals surface area contributed by atoms with Crippen LogP contribution >= 0.6 is 11.6 Å². The Kier molecular flexibility index (Phi) is 4.61. The molecular weight excluding hydrogens is 374 g/mol. The van der Waals surface area contributed by atoms with E-state index in [9.17, 15) is 9.59 Å². The van der Waals surface area contributed by atoms with Crippen molar-refractivity contribution in [1.82, 2.24) is 15.2 Å². The Balaban J connectivity index is 1.17. The van der Waals surface area contributed by atoms with Gasteiger partial charge in [0.1, 0.15) is 5.15 Å². The van der Waals surface area contributed by atoms with Crippen molar-refractivity contribution in [3.05, 3.63) is 29.0 Å². The molecule has 4 aliphatic carbocycles. The quantitative estimate of drug-likeness (QED) is 0.786. The highest BCUT2D eigenvalue weighted by Gasteiger charge is 2.51. The molecule has 28 heavy (non-hydrogen) atoms. The van der Waals surface area contributed by atoms with Gasteiger partial charge in [0.15, 0.2) is 0 Å². The largest absolute Gasteiger partial charge is 0.350 e. The zero-order valence-corrected chi connectivity index (χ0v) is 17.0. The van der Waals surface area contributed by atoms with E-state index in [1.54, 1.807) is 12.1 Å². The standard InChI is InChI=1S/C22H28ClN3O2/c23-19-2-1-18(13-24-19)21(28)26-5-3-17(4-6-26)20(27)25-22-10-14-7-15(11-22)9-16(8-14)12-22/h1-2,13-17H,3-12H2,(H,25,27). The molecule has 0 spiro atoms. The molecule has 4 bridgehead atoms. The Labute approximate surface area is 171 Å². The van der Waals surface area contributed by atoms with Crippen LogP contribution in [0.25, 0.3) is 0 Å². The second-order valence-electron chi connectivity index (χ2n) is 9.62. The van der Waals surface area contributed by atoms with E-state index in [-0.39, 0.29) is 23.3 Å². The lowest BCUT2D eigenvalue weighted by molar-refractivity contribution is -0.132. The minimum absolute atomic E-state index is 0.0240. The first-order chi connectivity index (χ1) is 13.5. The van der Waals surface area contributed by atoms with E-state index in [1.807, 2.05) is 4.90 Å². The van der Waals surface area contributed by atoms with Crippen LogP contribution in [0.1, 0.15) is 61.7 Å². The third-order valence-electron chi connectivity index (χ3n) is 7.55. The van der Waals surface area contributed by atoms with Crippen molar-refractivity contribution in [1.29, 1.82) is 0 Å². The third-order valence-corrected chi connectivity index (χ3v) is 7.78. The number of nitrogens with one attached hydrogen (secondary N) is 1. The molecule has 1 aromatic rings. The number of pyridine rings is 1. The summed E-state index contributed by atoms with van der Waals surface area (Å²) >= 11 is 5.80. The number of carbonyl (C=O) groups excluding carboxylic acids is 2. The van der Waals surface area contributed by atoms with E-state index < -0.39 is 0 Å². The van der Waals surface area contributed by atoms with Crippen LogP contribution in [0.5, 0.6) is 0 Å². The van der Waals surface area contributed by atoms with Gasteiger partial charge < -0.3 is 10.2 Å². The Hall–Kier alpha value is -1.62. The Bertz CT molecular complexity index is 735. The maximum Gasteiger partial charge on any atom is 0.255 e. The van der Waals surface area contributed by atoms with Crippen molar-refractivity contribution in [2.45, 2.75) is 56.9 Å². The zero-order chi connectivity index (χ0) is 19.3. The predicted octanol–water partition coefficient (Wildman–Crippen LogP) is 3.67. The molecule has 5 nitrogen and oxygen atoms in total. The molecule has 150 valence electrons. The number of piperidine rings is 1. The number of likely N-dealkylation sites (tertiary alicyclic amines) is 1. The highest BCUT2D eigenvalue weighted by atomic mass is 35.5. The number of carbonyl (C=O) groups is 2. The molecule has 2 amide bonds. The Morgan fingerprint density at radius 2 is 1.64 bits per heavy atom. The van der Waals surface area contributed by atoms with Crippen LogP contribution in [0, 0.1) is 23.7 Å². The van der Waals surface area contributed by atoms with Gasteiger partial charge in [-0.3, -0.25) is 9.59 Å². The molecule has 0 atom stereocenters. The molecule has 6 rings (SSSR count). The monoisotopic (exact) mass is 401 g/mol. The van der Waals surface area contributed by atoms with E-state index in [4.69, 9.17) is 11.6 Å². The fraction of sp³-hybridized carbons (Fsp3) is 0.682. The molecule has 6 heteroatoms. The summed E-state index contributed by atoms with van der Waals surface area (Å²) in [5.41, 5.74) is 0.634. The van der Waals surface area contributed by atoms with Gasteiger partial charge in [-0.25, -0.2) is 4.98 Å². The highest BCUT2D eigenvalue weighted by Crippen LogP contribution is 2.55. The summed E-state index contributed by atoms with van der Waals surface area (Å²) < 4.78 is 0. The average molecular weight is 402 g/mol. The second-order valence-corrected chi connectivity index (χ2v) is 10.0. The molecular formula is C22H28ClN3O2. The zero-order valence-electron chi connectivity index (χ0n) is 16.2. The van der Waals surface area contributed by atoms with Crippen molar-refractivity contribution in [2.75, 3.05) is 13.1 Å². The highest BCUT2D eigenvalue weighted by molar-refractivity contribution is 6.29. The molecule has 0 aromatic carbocycles. The van der Waals surface area contributed by atoms with Crippen molar-refractivity contribution < 1.29 is 9.59 Å². The molecule has 4 saturated carbocycles. The fourth-order valence-corrected chi connectivity index (χ4v) is 6.77. The number of nitrogens with zero attached hydrogens (tertiary/aromatic N) is 2. The van der Waals surface area contributed by atoms with Gasteiger partial charge in [0.05, 0.1) is 5.56 Å². The van der Waals surface area contributed by atoms with E-state index >= 15 is 0 Å². The molecule has 1 N–H and O–H groups in total. The summed E-state index contributed by atoms with van der Waals surface area (Å²) in [5, 5.41) is 3.89. The van der Waals surface area contributed by atoms with Crippen LogP contribution in [-0.2, 0) is 4.79 Å². The average Bonchev–Trinajstić information content (AvgIpc) is 2.67. The van der Waals surface area contributed by atoms with Gasteiger partial charge in [-0.2, -0.15) is 0 Å². The van der Waals surface area contributed by atoms with Crippen LogP contribution in [0.3, 0.4) is 0 Å². The lowest BCUT2D eigenvalue weighted by Crippen LogP contribution is -2.61. The first-order valence-electron chi connectivity index (χ1n) is 10.7. The maximum atomic E-state index is 13.0. The lowest BCUT2D eigenvalue weighted by atomic mass is 9.53. The molecule has 2 heterocycles. The van der Waals surface area contributed by atoms with Gasteiger partial charge in [0.2, 0.25) is 5.91 Å². The molecule has 5 fully saturated rings. The van der Waals surface area contributed by atoms with Gasteiger partial charge in [-0.05, 0) is 81.3 Å². The van der Waals surface area contributed by atoms with E-state index in [2.05, 4.69) is 10.3 Å². The number of amides is 2. The minimum Gasteiger partial charge on any atom is -0.350 e. The van der Waals surface area contributed by atoms with Gasteiger partial charge in [-0.1, -0.05) is 11.6 Å². The molecule has 1 aliphatic heterocycles. The molecule has 0 radical (unpaired) electrons. The summed E-state index contributed by atoms with van der Waals surface area (Å²) in [7, 11) is 0. The summed E-state index contributed by atoms with van der Waals surface area (Å²) in [6.07, 6.45) is 10.7. The van der Waals surface area contributed by atoms with Crippen LogP contribution in [0.2, 0.25) is 5.15 Å². The SMILES string of the molecule is O=C(NC12CC3CC(CC(C3)C1)C2)C1CCN(C(=O)c2ccc(Cl)nc2)CC1. The van der Waals surface area contributed by atoms with Gasteiger partial charge in [0.25, 0.3) is 5.91 Å². The molecule has 0 unspecified atom stereocenters. The van der Waals surface area contributed by atoms with Gasteiger partial charge in [0, 0.05) is 30.7 Å². The minimum atomic E-state index is -0.0240. The topological polar surface area (TPSA) is 62.3 Å². The van der Waals surface area contributed by atoms with E-state index in [0.717, 1.165) is 30.6 Å². The smallest absolute Gasteiger partial charge is 0.255 e. The Morgan fingerprint density at radius 3 is 2.18 bits per heavy atom. The Morgan fingerprint density at radius 1 is 1.04 bits per heavy atom. The van der Waals surface area contributed by atoms with E-state index in [1.165, 1.54) is 44.7 Å². The van der Waals surface area contributed by atoms with E-state index in [0.29, 0.717) is 23.8 Å². The van der Waals surface area contributed by atoms with Crippen LogP contribution in [-0.4, -0.2) is 40.3 Å². The third kappa shape index (κ3) is 3.42. The summed E-state index contributed by atoms with van der Waals surface area (Å²) in [4.78, 5) is 31.5. The summed E-state index contributed by atoms with van der Waals surface area (Å²) in [6.45, 7) is 1.25. The normalized spacial score (nSPS) is 34.5. The fourth-order valence-electron chi connectivity index (χ4n) is 6.66. The molecule has 1 aromatic heterocycles. The number of aromatic nitrogens is 1. The summed E-state index contributed by atoms with van der Waals surface area (Å²) in [6, 6.07) is 3.35.